The summed E-state index contributed by atoms with van der Waals surface area (Å²) >= 11 is 0. The third-order valence-electron chi connectivity index (χ3n) is 1.38. The first-order valence-corrected chi connectivity index (χ1v) is 4.63. The van der Waals surface area contributed by atoms with E-state index in [1.807, 2.05) is 0 Å². The van der Waals surface area contributed by atoms with Gasteiger partial charge in [-0.05, 0) is 17.7 Å². The molecule has 14 heavy (non-hydrogen) atoms. The van der Waals surface area contributed by atoms with Gasteiger partial charge < -0.3 is 10.0 Å². The quantitative estimate of drug-likeness (QED) is 0.408. The summed E-state index contributed by atoms with van der Waals surface area (Å²) < 4.78 is 31.5. The van der Waals surface area contributed by atoms with Crippen LogP contribution in [0.2, 0.25) is 0 Å². The predicted octanol–water partition coefficient (Wildman–Crippen LogP) is -2.59. The maximum absolute atomic E-state index is 10.5. The molecule has 0 atom stereocenters. The number of rotatable bonds is 2. The molecule has 2 N–H and O–H groups in total. The molecule has 0 aliphatic heterocycles. The summed E-state index contributed by atoms with van der Waals surface area (Å²) in [5, 5.41) is 0. The molecule has 0 bridgehead atoms. The molecule has 0 aliphatic rings. The fourth-order valence-corrected chi connectivity index (χ4v) is 1.32. The molecule has 4 nitrogen and oxygen atoms in total. The Morgan fingerprint density at radius 3 is 2.36 bits per heavy atom. The SMILES string of the molecule is C=Cc1cccc(S(=O)(=O)[O-])c1.O.[Na+]. The van der Waals surface area contributed by atoms with Gasteiger partial charge in [-0.2, -0.15) is 0 Å². The van der Waals surface area contributed by atoms with E-state index in [4.69, 9.17) is 0 Å². The summed E-state index contributed by atoms with van der Waals surface area (Å²) in [5.74, 6) is 0. The van der Waals surface area contributed by atoms with E-state index in [-0.39, 0.29) is 39.9 Å². The van der Waals surface area contributed by atoms with Crippen molar-refractivity contribution < 1.29 is 48.0 Å². The van der Waals surface area contributed by atoms with E-state index in [1.165, 1.54) is 24.3 Å². The average Bonchev–Trinajstić information content (AvgIpc) is 2.03. The summed E-state index contributed by atoms with van der Waals surface area (Å²) in [4.78, 5) is -0.222. The van der Waals surface area contributed by atoms with Gasteiger partial charge in [0.25, 0.3) is 0 Å². The molecule has 1 rings (SSSR count). The predicted molar refractivity (Wildman–Crippen MR) is 48.1 cm³/mol. The summed E-state index contributed by atoms with van der Waals surface area (Å²) in [7, 11) is -4.33. The van der Waals surface area contributed by atoms with Crippen molar-refractivity contribution in [3.63, 3.8) is 0 Å². The van der Waals surface area contributed by atoms with Crippen LogP contribution >= 0.6 is 0 Å². The Balaban J connectivity index is 0. The second-order valence-corrected chi connectivity index (χ2v) is 3.61. The van der Waals surface area contributed by atoms with E-state index in [2.05, 4.69) is 6.58 Å². The van der Waals surface area contributed by atoms with E-state index >= 15 is 0 Å². The van der Waals surface area contributed by atoms with Gasteiger partial charge in [-0.15, -0.1) is 0 Å². The molecule has 6 heteroatoms. The van der Waals surface area contributed by atoms with Crippen molar-refractivity contribution in [2.45, 2.75) is 4.90 Å². The van der Waals surface area contributed by atoms with Crippen LogP contribution in [0.15, 0.2) is 35.7 Å². The Hall–Kier alpha value is -0.170. The molecule has 72 valence electrons. The molecule has 0 fully saturated rings. The molecule has 0 aliphatic carbocycles. The van der Waals surface area contributed by atoms with Gasteiger partial charge in [0.2, 0.25) is 0 Å². The molecule has 1 aromatic carbocycles. The van der Waals surface area contributed by atoms with Gasteiger partial charge in [0.1, 0.15) is 10.1 Å². The van der Waals surface area contributed by atoms with Gasteiger partial charge in [-0.1, -0.05) is 24.8 Å². The van der Waals surface area contributed by atoms with E-state index in [0.29, 0.717) is 5.56 Å². The van der Waals surface area contributed by atoms with Crippen LogP contribution in [-0.4, -0.2) is 18.4 Å². The standard InChI is InChI=1S/C8H8O3S.Na.H2O/c1-2-7-4-3-5-8(6-7)12(9,10)11;;/h2-6H,1H2,(H,9,10,11);;1H2/q;+1;/p-1. The summed E-state index contributed by atoms with van der Waals surface area (Å²) in [5.41, 5.74) is 0.618. The number of hydrogen-bond acceptors (Lipinski definition) is 3. The molecule has 0 saturated carbocycles. The van der Waals surface area contributed by atoms with E-state index in [1.54, 1.807) is 6.07 Å². The van der Waals surface area contributed by atoms with Crippen molar-refractivity contribution in [2.24, 2.45) is 0 Å². The average molecular weight is 224 g/mol. The summed E-state index contributed by atoms with van der Waals surface area (Å²) in [6.45, 7) is 3.46. The topological polar surface area (TPSA) is 88.7 Å². The zero-order chi connectivity index (χ0) is 9.19. The zero-order valence-electron chi connectivity index (χ0n) is 7.73. The minimum atomic E-state index is -4.33. The Morgan fingerprint density at radius 1 is 1.36 bits per heavy atom. The monoisotopic (exact) mass is 224 g/mol. The van der Waals surface area contributed by atoms with Crippen LogP contribution in [0.25, 0.3) is 6.08 Å². The van der Waals surface area contributed by atoms with Crippen molar-refractivity contribution in [1.82, 2.24) is 0 Å². The smallest absolute Gasteiger partial charge is 0.744 e. The number of benzene rings is 1. The number of hydrogen-bond donors (Lipinski definition) is 0. The summed E-state index contributed by atoms with van der Waals surface area (Å²) in [6, 6.07) is 5.72. The maximum Gasteiger partial charge on any atom is 1.00 e. The van der Waals surface area contributed by atoms with Gasteiger partial charge in [0.05, 0.1) is 4.90 Å². The van der Waals surface area contributed by atoms with E-state index < -0.39 is 10.1 Å². The molecule has 0 amide bonds. The molecular formula is C8H9NaO4S. The van der Waals surface area contributed by atoms with Crippen molar-refractivity contribution >= 4 is 16.2 Å². The van der Waals surface area contributed by atoms with Crippen LogP contribution in [-0.2, 0) is 10.1 Å². The molecule has 0 heterocycles. The molecule has 0 spiro atoms. The van der Waals surface area contributed by atoms with Crippen LogP contribution in [0, 0.1) is 0 Å². The molecule has 0 saturated heterocycles. The molecule has 0 radical (unpaired) electrons. The Labute approximate surface area is 105 Å². The minimum Gasteiger partial charge on any atom is -0.744 e. The fraction of sp³-hybridized carbons (Fsp3) is 0. The second-order valence-electron chi connectivity index (χ2n) is 2.23. The van der Waals surface area contributed by atoms with E-state index in [9.17, 15) is 13.0 Å². The van der Waals surface area contributed by atoms with Crippen LogP contribution < -0.4 is 29.6 Å². The first kappa shape index (κ1) is 16.3. The third kappa shape index (κ3) is 4.36. The van der Waals surface area contributed by atoms with Crippen LogP contribution in [0.3, 0.4) is 0 Å². The zero-order valence-corrected chi connectivity index (χ0v) is 10.5. The molecule has 0 aromatic heterocycles. The summed E-state index contributed by atoms with van der Waals surface area (Å²) in [6.07, 6.45) is 1.48. The largest absolute Gasteiger partial charge is 1.00 e. The molecule has 1 aromatic rings. The van der Waals surface area contributed by atoms with Crippen molar-refractivity contribution in [3.05, 3.63) is 36.4 Å². The van der Waals surface area contributed by atoms with Gasteiger partial charge in [0.15, 0.2) is 0 Å². The Kier molecular flexibility index (Phi) is 7.37. The molecule has 0 unspecified atom stereocenters. The van der Waals surface area contributed by atoms with Gasteiger partial charge in [0, 0.05) is 0 Å². The van der Waals surface area contributed by atoms with Gasteiger partial charge in [-0.3, -0.25) is 0 Å². The fourth-order valence-electron chi connectivity index (χ4n) is 0.797. The van der Waals surface area contributed by atoms with Crippen LogP contribution in [0.4, 0.5) is 0 Å². The van der Waals surface area contributed by atoms with Crippen LogP contribution in [0.5, 0.6) is 0 Å². The Morgan fingerprint density at radius 2 is 1.93 bits per heavy atom. The normalized spacial score (nSPS) is 9.50. The van der Waals surface area contributed by atoms with E-state index in [0.717, 1.165) is 0 Å². The van der Waals surface area contributed by atoms with Gasteiger partial charge in [-0.25, -0.2) is 8.42 Å². The second kappa shape index (κ2) is 6.34. The molecular weight excluding hydrogens is 215 g/mol. The first-order valence-electron chi connectivity index (χ1n) is 3.22. The third-order valence-corrected chi connectivity index (χ3v) is 2.21. The first-order chi connectivity index (χ1) is 5.54. The minimum absolute atomic E-state index is 0. The van der Waals surface area contributed by atoms with Crippen molar-refractivity contribution in [2.75, 3.05) is 0 Å². The van der Waals surface area contributed by atoms with Crippen LogP contribution in [0.1, 0.15) is 5.56 Å². The Bertz CT molecular complexity index is 400. The van der Waals surface area contributed by atoms with Crippen molar-refractivity contribution in [1.29, 1.82) is 0 Å². The maximum atomic E-state index is 10.5. The van der Waals surface area contributed by atoms with Gasteiger partial charge >= 0.3 is 29.6 Å². The van der Waals surface area contributed by atoms with Crippen molar-refractivity contribution in [3.8, 4) is 0 Å².